The maximum Gasteiger partial charge on any atom is 0.282 e. The first-order chi connectivity index (χ1) is 15.6. The molecule has 1 saturated heterocycles. The average molecular weight is 473 g/mol. The third-order valence-corrected chi connectivity index (χ3v) is 8.18. The zero-order valence-electron chi connectivity index (χ0n) is 20.4. The number of nitrogens with zero attached hydrogens (tertiary/aromatic N) is 3. The molecular weight excluding hydrogens is 436 g/mol. The molecule has 1 fully saturated rings. The summed E-state index contributed by atoms with van der Waals surface area (Å²) in [7, 11) is -3.72. The normalized spacial score (nSPS) is 16.5. The highest BCUT2D eigenvalue weighted by atomic mass is 32.2. The number of carbonyl (C=O) groups is 1. The van der Waals surface area contributed by atoms with Gasteiger partial charge in [-0.05, 0) is 75.9 Å². The first-order valence-electron chi connectivity index (χ1n) is 11.6. The number of nitrogens with one attached hydrogen (secondary N) is 1. The Labute approximate surface area is 198 Å². The molecule has 180 valence electrons. The summed E-state index contributed by atoms with van der Waals surface area (Å²) in [6.07, 6.45) is 0.689. The van der Waals surface area contributed by atoms with Gasteiger partial charge < -0.3 is 10.2 Å². The van der Waals surface area contributed by atoms with Crippen LogP contribution in [0.1, 0.15) is 42.5 Å². The van der Waals surface area contributed by atoms with Gasteiger partial charge in [0.15, 0.2) is 0 Å². The molecule has 1 aliphatic heterocycles. The van der Waals surface area contributed by atoms with Gasteiger partial charge in [0.2, 0.25) is 5.91 Å². The number of hydrogen-bond acceptors (Lipinski definition) is 4. The molecule has 0 unspecified atom stereocenters. The standard InChI is InChI=1S/C25H36N4O3S/c1-6-27(7-2)23-11-12-24(21(5)16-23)26-25(30)18-29-14-8-13-28(33(29,31)32)17-22-15-19(3)9-10-20(22)4/h9-12,15-16H,6-8,13-14,17-18H2,1-5H3,(H,26,30). The van der Waals surface area contributed by atoms with Crippen LogP contribution < -0.4 is 10.2 Å². The van der Waals surface area contributed by atoms with E-state index in [1.807, 2.05) is 57.2 Å². The predicted octanol–water partition coefficient (Wildman–Crippen LogP) is 3.85. The second-order valence-electron chi connectivity index (χ2n) is 8.68. The van der Waals surface area contributed by atoms with E-state index < -0.39 is 10.2 Å². The van der Waals surface area contributed by atoms with Crippen LogP contribution in [0.5, 0.6) is 0 Å². The molecule has 0 radical (unpaired) electrons. The van der Waals surface area contributed by atoms with E-state index in [0.29, 0.717) is 31.7 Å². The maximum absolute atomic E-state index is 13.2. The minimum absolute atomic E-state index is 0.192. The van der Waals surface area contributed by atoms with Gasteiger partial charge in [-0.2, -0.15) is 17.0 Å². The molecule has 0 atom stereocenters. The summed E-state index contributed by atoms with van der Waals surface area (Å²) in [5.74, 6) is -0.328. The molecule has 0 saturated carbocycles. The van der Waals surface area contributed by atoms with Crippen molar-refractivity contribution in [3.8, 4) is 0 Å². The molecule has 0 bridgehead atoms. The first-order valence-corrected chi connectivity index (χ1v) is 13.0. The number of anilines is 2. The topological polar surface area (TPSA) is 73.0 Å². The van der Waals surface area contributed by atoms with Gasteiger partial charge in [-0.15, -0.1) is 0 Å². The Hall–Kier alpha value is -2.42. The van der Waals surface area contributed by atoms with Crippen molar-refractivity contribution >= 4 is 27.5 Å². The lowest BCUT2D eigenvalue weighted by molar-refractivity contribution is -0.116. The largest absolute Gasteiger partial charge is 0.372 e. The van der Waals surface area contributed by atoms with Crippen molar-refractivity contribution in [2.24, 2.45) is 0 Å². The highest BCUT2D eigenvalue weighted by Gasteiger charge is 2.35. The molecular formula is C25H36N4O3S. The monoisotopic (exact) mass is 472 g/mol. The number of benzene rings is 2. The molecule has 7 nitrogen and oxygen atoms in total. The predicted molar refractivity (Wildman–Crippen MR) is 135 cm³/mol. The molecule has 3 rings (SSSR count). The van der Waals surface area contributed by atoms with Gasteiger partial charge in [0, 0.05) is 44.1 Å². The third kappa shape index (κ3) is 5.93. The number of rotatable bonds is 8. The lowest BCUT2D eigenvalue weighted by Crippen LogP contribution is -2.51. The van der Waals surface area contributed by atoms with Crippen molar-refractivity contribution < 1.29 is 13.2 Å². The summed E-state index contributed by atoms with van der Waals surface area (Å²) in [4.78, 5) is 15.0. The van der Waals surface area contributed by atoms with Crippen LogP contribution in [0.4, 0.5) is 11.4 Å². The van der Waals surface area contributed by atoms with E-state index in [-0.39, 0.29) is 12.5 Å². The van der Waals surface area contributed by atoms with E-state index in [0.717, 1.165) is 41.0 Å². The van der Waals surface area contributed by atoms with Crippen molar-refractivity contribution in [1.29, 1.82) is 0 Å². The highest BCUT2D eigenvalue weighted by Crippen LogP contribution is 2.24. The number of carbonyl (C=O) groups excluding carboxylic acids is 1. The van der Waals surface area contributed by atoms with E-state index in [2.05, 4.69) is 24.1 Å². The van der Waals surface area contributed by atoms with Crippen LogP contribution >= 0.6 is 0 Å². The Morgan fingerprint density at radius 3 is 2.33 bits per heavy atom. The Kier molecular flexibility index (Phi) is 8.15. The van der Waals surface area contributed by atoms with Crippen LogP contribution in [-0.4, -0.2) is 55.7 Å². The fourth-order valence-corrected chi connectivity index (χ4v) is 5.85. The molecule has 1 heterocycles. The van der Waals surface area contributed by atoms with Crippen molar-refractivity contribution in [1.82, 2.24) is 8.61 Å². The van der Waals surface area contributed by atoms with Gasteiger partial charge in [-0.25, -0.2) is 0 Å². The number of amides is 1. The zero-order valence-corrected chi connectivity index (χ0v) is 21.2. The molecule has 0 aliphatic carbocycles. The van der Waals surface area contributed by atoms with Crippen molar-refractivity contribution in [3.63, 3.8) is 0 Å². The van der Waals surface area contributed by atoms with Crippen LogP contribution in [0.3, 0.4) is 0 Å². The van der Waals surface area contributed by atoms with Crippen molar-refractivity contribution in [3.05, 3.63) is 58.7 Å². The lowest BCUT2D eigenvalue weighted by atomic mass is 10.1. The van der Waals surface area contributed by atoms with E-state index in [4.69, 9.17) is 0 Å². The molecule has 2 aromatic carbocycles. The minimum Gasteiger partial charge on any atom is -0.372 e. The van der Waals surface area contributed by atoms with E-state index in [1.165, 1.54) is 8.61 Å². The molecule has 33 heavy (non-hydrogen) atoms. The van der Waals surface area contributed by atoms with Gasteiger partial charge in [-0.3, -0.25) is 4.79 Å². The van der Waals surface area contributed by atoms with Crippen LogP contribution in [0.25, 0.3) is 0 Å². The minimum atomic E-state index is -3.72. The molecule has 8 heteroatoms. The van der Waals surface area contributed by atoms with E-state index in [9.17, 15) is 13.2 Å². The summed E-state index contributed by atoms with van der Waals surface area (Å²) in [6.45, 7) is 12.9. The molecule has 1 amide bonds. The van der Waals surface area contributed by atoms with Gasteiger partial charge in [0.05, 0.1) is 6.54 Å². The third-order valence-electron chi connectivity index (χ3n) is 6.25. The van der Waals surface area contributed by atoms with E-state index >= 15 is 0 Å². The van der Waals surface area contributed by atoms with Crippen molar-refractivity contribution in [2.45, 2.75) is 47.6 Å². The molecule has 1 aliphatic rings. The van der Waals surface area contributed by atoms with Gasteiger partial charge >= 0.3 is 0 Å². The van der Waals surface area contributed by atoms with Crippen LogP contribution in [0, 0.1) is 20.8 Å². The Balaban J connectivity index is 1.68. The van der Waals surface area contributed by atoms with Gasteiger partial charge in [0.25, 0.3) is 10.2 Å². The molecule has 1 N–H and O–H groups in total. The van der Waals surface area contributed by atoms with Crippen molar-refractivity contribution in [2.75, 3.05) is 42.9 Å². The zero-order chi connectivity index (χ0) is 24.2. The first kappa shape index (κ1) is 25.2. The van der Waals surface area contributed by atoms with Crippen LogP contribution in [0.2, 0.25) is 0 Å². The van der Waals surface area contributed by atoms with E-state index in [1.54, 1.807) is 0 Å². The second kappa shape index (κ2) is 10.7. The molecule has 0 aromatic heterocycles. The smallest absolute Gasteiger partial charge is 0.282 e. The molecule has 2 aromatic rings. The Morgan fingerprint density at radius 2 is 1.67 bits per heavy atom. The summed E-state index contributed by atoms with van der Waals surface area (Å²) in [5, 5.41) is 2.90. The summed E-state index contributed by atoms with van der Waals surface area (Å²) < 4.78 is 29.2. The fourth-order valence-electron chi connectivity index (χ4n) is 4.22. The lowest BCUT2D eigenvalue weighted by Gasteiger charge is -2.34. The number of aryl methyl sites for hydroxylation is 3. The maximum atomic E-state index is 13.2. The summed E-state index contributed by atoms with van der Waals surface area (Å²) in [5.41, 5.74) is 5.92. The number of hydrogen-bond donors (Lipinski definition) is 1. The van der Waals surface area contributed by atoms with Crippen LogP contribution in [0.15, 0.2) is 36.4 Å². The van der Waals surface area contributed by atoms with Gasteiger partial charge in [-0.1, -0.05) is 23.8 Å². The summed E-state index contributed by atoms with van der Waals surface area (Å²) in [6, 6.07) is 12.0. The second-order valence-corrected chi connectivity index (χ2v) is 10.6. The molecule has 0 spiro atoms. The average Bonchev–Trinajstić information content (AvgIpc) is 2.76. The quantitative estimate of drug-likeness (QED) is 0.633. The van der Waals surface area contributed by atoms with Crippen LogP contribution in [-0.2, 0) is 21.5 Å². The fraction of sp³-hybridized carbons (Fsp3) is 0.480. The Morgan fingerprint density at radius 1 is 0.970 bits per heavy atom. The summed E-state index contributed by atoms with van der Waals surface area (Å²) >= 11 is 0. The SMILES string of the molecule is CCN(CC)c1ccc(NC(=O)CN2CCCN(Cc3cc(C)ccc3C)S2(=O)=O)c(C)c1. The Bertz CT molecular complexity index is 1100. The highest BCUT2D eigenvalue weighted by molar-refractivity contribution is 7.86. The van der Waals surface area contributed by atoms with Gasteiger partial charge in [0.1, 0.15) is 0 Å².